The van der Waals surface area contributed by atoms with E-state index in [1.165, 1.54) is 53.4 Å². The Morgan fingerprint density at radius 3 is 1.97 bits per heavy atom. The molecular weight excluding hydrogens is 1000 g/mol. The summed E-state index contributed by atoms with van der Waals surface area (Å²) in [7, 11) is 0. The standard InChI is InChI=1S/C37H32N3S.C17H22GeN.Ir/c1-22(2)30-20-26(25-12-7-6-8-13-25)21-31(23(3)4)34(30)40-33-17-10-9-16-32(33)39-36(40)29-15-11-14-27-28-19-18-24(5)38-37(28)41-35(27)29;1-13(2)15-11-17(14-9-7-6-8-10-14)19-12-16(15)18(3,4)5;/h6-14,16-23H,1-5H3;6-9,11-13H,1-5H3;/q2*-1;. The van der Waals surface area contributed by atoms with Crippen LogP contribution >= 0.6 is 11.3 Å². The van der Waals surface area contributed by atoms with Crippen LogP contribution in [0.1, 0.15) is 81.7 Å². The summed E-state index contributed by atoms with van der Waals surface area (Å²) in [5.41, 5.74) is 14.1. The molecule has 4 nitrogen and oxygen atoms in total. The van der Waals surface area contributed by atoms with Crippen molar-refractivity contribution in [1.29, 1.82) is 0 Å². The zero-order chi connectivity index (χ0) is 42.3. The van der Waals surface area contributed by atoms with Gasteiger partial charge in [0.2, 0.25) is 0 Å². The van der Waals surface area contributed by atoms with Gasteiger partial charge in [0.1, 0.15) is 4.83 Å². The summed E-state index contributed by atoms with van der Waals surface area (Å²) in [4.78, 5) is 15.9. The van der Waals surface area contributed by atoms with E-state index in [1.807, 2.05) is 24.3 Å². The van der Waals surface area contributed by atoms with Crippen LogP contribution in [0.15, 0.2) is 128 Å². The molecule has 5 aromatic carbocycles. The molecule has 0 atom stereocenters. The zero-order valence-corrected chi connectivity index (χ0v) is 42.2. The predicted octanol–water partition coefficient (Wildman–Crippen LogP) is 14.7. The van der Waals surface area contributed by atoms with Gasteiger partial charge >= 0.3 is 119 Å². The maximum absolute atomic E-state index is 5.30. The molecule has 9 aromatic rings. The number of hydrogen-bond acceptors (Lipinski definition) is 4. The molecule has 61 heavy (non-hydrogen) atoms. The first-order chi connectivity index (χ1) is 28.8. The number of thiophene rings is 1. The Morgan fingerprint density at radius 2 is 1.31 bits per heavy atom. The van der Waals surface area contributed by atoms with Crippen molar-refractivity contribution in [2.45, 2.75) is 83.5 Å². The zero-order valence-electron chi connectivity index (χ0n) is 36.9. The van der Waals surface area contributed by atoms with Gasteiger partial charge in [0, 0.05) is 31.5 Å². The number of para-hydroxylation sites is 2. The Kier molecular flexibility index (Phi) is 13.3. The second-order valence-electron chi connectivity index (χ2n) is 17.8. The predicted molar refractivity (Wildman–Crippen MR) is 260 cm³/mol. The molecule has 0 saturated carbocycles. The molecule has 0 amide bonds. The summed E-state index contributed by atoms with van der Waals surface area (Å²) in [5, 5.41) is 2.39. The van der Waals surface area contributed by atoms with E-state index in [4.69, 9.17) is 9.97 Å². The van der Waals surface area contributed by atoms with Crippen molar-refractivity contribution >= 4 is 60.3 Å². The molecule has 0 aliphatic rings. The van der Waals surface area contributed by atoms with Crippen LogP contribution in [-0.2, 0) is 20.1 Å². The van der Waals surface area contributed by atoms with E-state index < -0.39 is 13.3 Å². The van der Waals surface area contributed by atoms with Gasteiger partial charge < -0.3 is 4.57 Å². The summed E-state index contributed by atoms with van der Waals surface area (Å²) in [6.45, 7) is 15.8. The molecule has 0 aliphatic heterocycles. The fourth-order valence-electron chi connectivity index (χ4n) is 8.19. The molecule has 0 unspecified atom stereocenters. The summed E-state index contributed by atoms with van der Waals surface area (Å²) < 4.78 is 5.10. The minimum absolute atomic E-state index is 0. The Morgan fingerprint density at radius 1 is 0.639 bits per heavy atom. The molecule has 0 N–H and O–H groups in total. The van der Waals surface area contributed by atoms with Crippen LogP contribution < -0.4 is 4.40 Å². The minimum Gasteiger partial charge on any atom is -0.333 e. The van der Waals surface area contributed by atoms with Gasteiger partial charge in [-0.15, -0.1) is 18.2 Å². The SMILES string of the molecule is CC(C)c1cc(-c2[c-]cccc2)nc[c]1[Ge]([CH3])([CH3])[CH3].Cc1ccc2c(n1)sc1c(-c3nc4ccccc4n3-c3c(C(C)C)cc(-c4ccccc4)cc3C(C)C)[c-]ccc12.[Ir]. The maximum atomic E-state index is 5.30. The Hall–Kier alpha value is -4.72. The number of benzene rings is 5. The smallest absolute Gasteiger partial charge is 0.113 e. The van der Waals surface area contributed by atoms with Crippen molar-refractivity contribution in [2.75, 3.05) is 0 Å². The quantitative estimate of drug-likeness (QED) is 0.113. The van der Waals surface area contributed by atoms with Gasteiger partial charge in [-0.1, -0.05) is 87.2 Å². The summed E-state index contributed by atoms with van der Waals surface area (Å²) in [6.07, 6.45) is 2.12. The molecular formula is C54H54GeIrN4S-2. The molecule has 4 aromatic heterocycles. The Bertz CT molecular complexity index is 2930. The van der Waals surface area contributed by atoms with Crippen molar-refractivity contribution in [3.8, 4) is 39.5 Å². The molecule has 1 radical (unpaired) electrons. The van der Waals surface area contributed by atoms with E-state index in [2.05, 4.69) is 191 Å². The normalized spacial score (nSPS) is 11.8. The van der Waals surface area contributed by atoms with Crippen LogP contribution in [-0.4, -0.2) is 32.8 Å². The monoisotopic (exact) mass is 1060 g/mol. The van der Waals surface area contributed by atoms with Gasteiger partial charge in [0.25, 0.3) is 0 Å². The number of imidazole rings is 1. The van der Waals surface area contributed by atoms with Crippen molar-refractivity contribution in [3.05, 3.63) is 162 Å². The Balaban J connectivity index is 0.000000237. The van der Waals surface area contributed by atoms with E-state index in [-0.39, 0.29) is 20.1 Å². The number of pyridine rings is 2. The number of nitrogens with zero attached hydrogens (tertiary/aromatic N) is 4. The maximum Gasteiger partial charge on any atom is 0.113 e. The van der Waals surface area contributed by atoms with Crippen LogP contribution in [0.25, 0.3) is 70.8 Å². The summed E-state index contributed by atoms with van der Waals surface area (Å²) >= 11 is -0.115. The molecule has 7 heteroatoms. The fraction of sp³-hybridized carbons (Fsp3) is 0.241. The number of rotatable bonds is 8. The topological polar surface area (TPSA) is 43.6 Å². The van der Waals surface area contributed by atoms with Gasteiger partial charge in [-0.2, -0.15) is 11.3 Å². The molecule has 0 fully saturated rings. The Labute approximate surface area is 382 Å². The first kappa shape index (κ1) is 44.3. The van der Waals surface area contributed by atoms with Crippen molar-refractivity contribution in [3.63, 3.8) is 0 Å². The van der Waals surface area contributed by atoms with E-state index in [0.717, 1.165) is 44.2 Å². The van der Waals surface area contributed by atoms with Gasteiger partial charge in [0.15, 0.2) is 0 Å². The van der Waals surface area contributed by atoms with Gasteiger partial charge in [-0.25, -0.2) is 4.98 Å². The van der Waals surface area contributed by atoms with E-state index in [9.17, 15) is 0 Å². The molecule has 311 valence electrons. The third-order valence-electron chi connectivity index (χ3n) is 11.3. The molecule has 0 saturated heterocycles. The van der Waals surface area contributed by atoms with Gasteiger partial charge in [-0.3, -0.25) is 4.98 Å². The first-order valence-corrected chi connectivity index (χ1v) is 29.4. The average Bonchev–Trinajstić information content (AvgIpc) is 3.81. The summed E-state index contributed by atoms with van der Waals surface area (Å²) in [5.74, 6) is 9.39. The third-order valence-corrected chi connectivity index (χ3v) is 16.7. The van der Waals surface area contributed by atoms with Crippen LogP contribution in [0.5, 0.6) is 0 Å². The van der Waals surface area contributed by atoms with Gasteiger partial charge in [-0.05, 0) is 81.4 Å². The van der Waals surface area contributed by atoms with Crippen molar-refractivity contribution in [1.82, 2.24) is 19.5 Å². The largest absolute Gasteiger partial charge is 0.333 e. The minimum atomic E-state index is -1.85. The van der Waals surface area contributed by atoms with Crippen LogP contribution in [0.3, 0.4) is 0 Å². The molecule has 9 rings (SSSR count). The summed E-state index contributed by atoms with van der Waals surface area (Å²) in [6, 6.07) is 49.7. The van der Waals surface area contributed by atoms with E-state index >= 15 is 0 Å². The number of fused-ring (bicyclic) bond motifs is 4. The molecule has 0 bridgehead atoms. The van der Waals surface area contributed by atoms with Crippen LogP contribution in [0, 0.1) is 19.1 Å². The van der Waals surface area contributed by atoms with Crippen molar-refractivity contribution in [2.24, 2.45) is 0 Å². The molecule has 0 spiro atoms. The van der Waals surface area contributed by atoms with Crippen LogP contribution in [0.4, 0.5) is 0 Å². The third kappa shape index (κ3) is 8.97. The van der Waals surface area contributed by atoms with Crippen molar-refractivity contribution < 1.29 is 20.1 Å². The van der Waals surface area contributed by atoms with Gasteiger partial charge in [0.05, 0.1) is 16.9 Å². The number of aryl methyl sites for hydroxylation is 1. The van der Waals surface area contributed by atoms with E-state index in [1.54, 1.807) is 11.3 Å². The second-order valence-corrected chi connectivity index (χ2v) is 29.3. The average molecular weight is 1060 g/mol. The first-order valence-electron chi connectivity index (χ1n) is 21.2. The molecule has 4 heterocycles. The number of aromatic nitrogens is 4. The van der Waals surface area contributed by atoms with E-state index in [0.29, 0.717) is 17.8 Å². The number of hydrogen-bond donors (Lipinski definition) is 0. The molecule has 0 aliphatic carbocycles. The second kappa shape index (κ2) is 18.3. The van der Waals surface area contributed by atoms with Crippen LogP contribution in [0.2, 0.25) is 17.3 Å². The fourth-order valence-corrected chi connectivity index (χ4v) is 12.9.